The molecule has 1 N–H and O–H groups in total. The van der Waals surface area contributed by atoms with Crippen molar-refractivity contribution in [3.8, 4) is 11.5 Å². The summed E-state index contributed by atoms with van der Waals surface area (Å²) in [4.78, 5) is 24.2. The smallest absolute Gasteiger partial charge is 0.343 e. The minimum absolute atomic E-state index is 0.220. The third kappa shape index (κ3) is 7.20. The van der Waals surface area contributed by atoms with Gasteiger partial charge in [0.05, 0.1) is 16.3 Å². The van der Waals surface area contributed by atoms with Crippen LogP contribution in [0, 0.1) is 0 Å². The van der Waals surface area contributed by atoms with Gasteiger partial charge in [-0.1, -0.05) is 45.7 Å². The highest BCUT2D eigenvalue weighted by molar-refractivity contribution is 9.10. The third-order valence-electron chi connectivity index (χ3n) is 3.78. The second-order valence-corrected chi connectivity index (χ2v) is 8.34. The zero-order chi connectivity index (χ0) is 22.2. The summed E-state index contributed by atoms with van der Waals surface area (Å²) in [6, 6.07) is 18.7. The molecule has 0 fully saturated rings. The lowest BCUT2D eigenvalue weighted by Crippen LogP contribution is -2.24. The van der Waals surface area contributed by atoms with E-state index in [1.165, 1.54) is 6.21 Å². The number of hydrazone groups is 1. The number of esters is 1. The Morgan fingerprint density at radius 1 is 1.03 bits per heavy atom. The van der Waals surface area contributed by atoms with E-state index in [0.717, 1.165) is 4.47 Å². The number of amides is 1. The van der Waals surface area contributed by atoms with E-state index in [-0.39, 0.29) is 6.61 Å². The van der Waals surface area contributed by atoms with Crippen LogP contribution in [0.25, 0.3) is 0 Å². The number of ether oxygens (including phenoxy) is 2. The molecule has 0 spiro atoms. The monoisotopic (exact) mass is 564 g/mol. The molecule has 158 valence electrons. The number of hydrogen-bond acceptors (Lipinski definition) is 5. The number of benzene rings is 3. The third-order valence-corrected chi connectivity index (χ3v) is 5.13. The number of hydrogen-bond donors (Lipinski definition) is 1. The Balaban J connectivity index is 1.52. The number of nitrogens with zero attached hydrogens (tertiary/aromatic N) is 1. The minimum atomic E-state index is -0.478. The molecule has 0 aliphatic carbocycles. The first-order chi connectivity index (χ1) is 14.9. The molecule has 0 saturated heterocycles. The lowest BCUT2D eigenvalue weighted by Gasteiger charge is -2.07. The van der Waals surface area contributed by atoms with E-state index >= 15 is 0 Å². The van der Waals surface area contributed by atoms with Crippen LogP contribution in [0.15, 0.2) is 80.8 Å². The molecule has 0 saturated carbocycles. The summed E-state index contributed by atoms with van der Waals surface area (Å²) in [5.74, 6) is -0.0656. The highest BCUT2D eigenvalue weighted by Crippen LogP contribution is 2.27. The molecule has 9 heteroatoms. The van der Waals surface area contributed by atoms with E-state index in [1.54, 1.807) is 60.7 Å². The van der Waals surface area contributed by atoms with Crippen LogP contribution in [0.4, 0.5) is 0 Å². The number of halogens is 3. The van der Waals surface area contributed by atoms with Gasteiger partial charge >= 0.3 is 5.97 Å². The number of nitrogens with one attached hydrogen (secondary N) is 1. The quantitative estimate of drug-likeness (QED) is 0.175. The summed E-state index contributed by atoms with van der Waals surface area (Å²) in [5, 5.41) is 4.45. The molecular weight excluding hydrogens is 552 g/mol. The Bertz CT molecular complexity index is 1140. The van der Waals surface area contributed by atoms with Crippen molar-refractivity contribution >= 4 is 61.6 Å². The van der Waals surface area contributed by atoms with Crippen LogP contribution in [-0.2, 0) is 4.79 Å². The molecule has 0 atom stereocenters. The van der Waals surface area contributed by atoms with Crippen LogP contribution < -0.4 is 14.9 Å². The highest BCUT2D eigenvalue weighted by Gasteiger charge is 2.09. The first kappa shape index (κ1) is 23.0. The molecule has 3 aromatic carbocycles. The van der Waals surface area contributed by atoms with Crippen molar-refractivity contribution in [2.24, 2.45) is 5.10 Å². The van der Waals surface area contributed by atoms with Crippen molar-refractivity contribution in [2.45, 2.75) is 0 Å². The van der Waals surface area contributed by atoms with Gasteiger partial charge in [0.25, 0.3) is 5.91 Å². The van der Waals surface area contributed by atoms with Gasteiger partial charge in [-0.2, -0.15) is 5.10 Å². The van der Waals surface area contributed by atoms with E-state index in [0.29, 0.717) is 32.1 Å². The Hall–Kier alpha value is -2.68. The molecule has 3 aromatic rings. The second-order valence-electron chi connectivity index (χ2n) is 6.13. The predicted octanol–water partition coefficient (Wildman–Crippen LogP) is 5.61. The molecule has 0 aliphatic heterocycles. The molecule has 1 amide bonds. The Morgan fingerprint density at radius 2 is 1.84 bits per heavy atom. The van der Waals surface area contributed by atoms with Crippen LogP contribution in [0.3, 0.4) is 0 Å². The minimum Gasteiger partial charge on any atom is -0.483 e. The molecule has 0 bridgehead atoms. The summed E-state index contributed by atoms with van der Waals surface area (Å²) in [6.07, 6.45) is 1.44. The summed E-state index contributed by atoms with van der Waals surface area (Å²) in [7, 11) is 0. The molecule has 0 unspecified atom stereocenters. The van der Waals surface area contributed by atoms with Gasteiger partial charge in [-0.3, -0.25) is 4.79 Å². The van der Waals surface area contributed by atoms with Gasteiger partial charge in [-0.25, -0.2) is 10.2 Å². The Kier molecular flexibility index (Phi) is 8.22. The predicted molar refractivity (Wildman–Crippen MR) is 126 cm³/mol. The summed E-state index contributed by atoms with van der Waals surface area (Å²) >= 11 is 12.5. The molecule has 31 heavy (non-hydrogen) atoms. The molecule has 6 nitrogen and oxygen atoms in total. The van der Waals surface area contributed by atoms with Crippen LogP contribution in [0.1, 0.15) is 15.9 Å². The standard InChI is InChI=1S/C22H15Br2ClN2O4/c23-16-5-2-4-15(10-16)22(29)31-18-6-1-3-14(9-18)12-26-27-21(28)13-30-20-8-7-17(25)11-19(20)24/h1-12H,13H2,(H,27,28)/b26-12-. The average molecular weight is 567 g/mol. The van der Waals surface area contributed by atoms with E-state index in [9.17, 15) is 9.59 Å². The second kappa shape index (κ2) is 11.1. The highest BCUT2D eigenvalue weighted by atomic mass is 79.9. The molecule has 0 aromatic heterocycles. The number of carbonyl (C=O) groups is 2. The Morgan fingerprint density at radius 3 is 2.61 bits per heavy atom. The van der Waals surface area contributed by atoms with Crippen molar-refractivity contribution in [2.75, 3.05) is 6.61 Å². The maximum absolute atomic E-state index is 12.3. The summed E-state index contributed by atoms with van der Waals surface area (Å²) < 4.78 is 12.2. The SMILES string of the molecule is O=C(COc1ccc(Cl)cc1Br)N/N=C\c1cccc(OC(=O)c2cccc(Br)c2)c1. The maximum atomic E-state index is 12.3. The number of rotatable bonds is 7. The van der Waals surface area contributed by atoms with Crippen LogP contribution >= 0.6 is 43.5 Å². The molecule has 0 heterocycles. The lowest BCUT2D eigenvalue weighted by molar-refractivity contribution is -0.123. The van der Waals surface area contributed by atoms with E-state index < -0.39 is 11.9 Å². The topological polar surface area (TPSA) is 77.0 Å². The number of carbonyl (C=O) groups excluding carboxylic acids is 2. The van der Waals surface area contributed by atoms with Gasteiger partial charge in [0, 0.05) is 9.50 Å². The van der Waals surface area contributed by atoms with Crippen LogP contribution in [-0.4, -0.2) is 24.7 Å². The van der Waals surface area contributed by atoms with Gasteiger partial charge in [-0.15, -0.1) is 0 Å². The van der Waals surface area contributed by atoms with Gasteiger partial charge in [0.2, 0.25) is 0 Å². The van der Waals surface area contributed by atoms with Gasteiger partial charge in [-0.05, 0) is 70.0 Å². The van der Waals surface area contributed by atoms with Gasteiger partial charge in [0.15, 0.2) is 6.61 Å². The fraction of sp³-hybridized carbons (Fsp3) is 0.0455. The van der Waals surface area contributed by atoms with Crippen molar-refractivity contribution in [3.05, 3.63) is 91.8 Å². The van der Waals surface area contributed by atoms with E-state index in [2.05, 4.69) is 42.4 Å². The van der Waals surface area contributed by atoms with Crippen molar-refractivity contribution in [1.29, 1.82) is 0 Å². The van der Waals surface area contributed by atoms with Crippen LogP contribution in [0.2, 0.25) is 5.02 Å². The maximum Gasteiger partial charge on any atom is 0.343 e. The fourth-order valence-corrected chi connectivity index (χ4v) is 3.58. The van der Waals surface area contributed by atoms with Gasteiger partial charge < -0.3 is 9.47 Å². The first-order valence-corrected chi connectivity index (χ1v) is 10.8. The molecular formula is C22H15Br2ClN2O4. The molecule has 0 radical (unpaired) electrons. The van der Waals surface area contributed by atoms with Crippen LogP contribution in [0.5, 0.6) is 11.5 Å². The van der Waals surface area contributed by atoms with E-state index in [4.69, 9.17) is 21.1 Å². The first-order valence-electron chi connectivity index (χ1n) is 8.88. The van der Waals surface area contributed by atoms with E-state index in [1.807, 2.05) is 6.07 Å². The van der Waals surface area contributed by atoms with Crippen molar-refractivity contribution < 1.29 is 19.1 Å². The summed E-state index contributed by atoms with van der Waals surface area (Å²) in [6.45, 7) is -0.220. The lowest BCUT2D eigenvalue weighted by atomic mass is 10.2. The van der Waals surface area contributed by atoms with Crippen molar-refractivity contribution in [1.82, 2.24) is 5.43 Å². The fourth-order valence-electron chi connectivity index (χ4n) is 2.39. The Labute approximate surface area is 200 Å². The molecule has 0 aliphatic rings. The molecule has 3 rings (SSSR count). The summed E-state index contributed by atoms with van der Waals surface area (Å²) in [5.41, 5.74) is 3.44. The average Bonchev–Trinajstić information content (AvgIpc) is 2.73. The van der Waals surface area contributed by atoms with Crippen molar-refractivity contribution in [3.63, 3.8) is 0 Å². The zero-order valence-corrected chi connectivity index (χ0v) is 19.8. The zero-order valence-electron chi connectivity index (χ0n) is 15.8. The largest absolute Gasteiger partial charge is 0.483 e. The van der Waals surface area contributed by atoms with Gasteiger partial charge in [0.1, 0.15) is 11.5 Å². The normalized spacial score (nSPS) is 10.7.